The number of anilines is 1. The van der Waals surface area contributed by atoms with Gasteiger partial charge in [-0.15, -0.1) is 0 Å². The van der Waals surface area contributed by atoms with Crippen LogP contribution < -0.4 is 5.32 Å². The van der Waals surface area contributed by atoms with E-state index >= 15 is 0 Å². The molecule has 0 aliphatic heterocycles. The van der Waals surface area contributed by atoms with Crippen LogP contribution in [0.2, 0.25) is 0 Å². The SMILES string of the molecule is CC(C)C1CCCCC1Nc1c(Br)cccc1Br. The molecule has 0 spiro atoms. The summed E-state index contributed by atoms with van der Waals surface area (Å²) < 4.78 is 2.29. The quantitative estimate of drug-likeness (QED) is 0.700. The topological polar surface area (TPSA) is 12.0 Å². The second-order valence-electron chi connectivity index (χ2n) is 5.54. The van der Waals surface area contributed by atoms with E-state index in [1.165, 1.54) is 31.4 Å². The van der Waals surface area contributed by atoms with Crippen molar-refractivity contribution in [2.24, 2.45) is 11.8 Å². The third kappa shape index (κ3) is 3.30. The molecule has 0 radical (unpaired) electrons. The molecule has 1 saturated carbocycles. The Morgan fingerprint density at radius 2 is 1.72 bits per heavy atom. The summed E-state index contributed by atoms with van der Waals surface area (Å²) in [4.78, 5) is 0. The van der Waals surface area contributed by atoms with Crippen molar-refractivity contribution in [2.75, 3.05) is 5.32 Å². The fourth-order valence-corrected chi connectivity index (χ4v) is 4.19. The first-order valence-corrected chi connectivity index (χ1v) is 8.38. The first-order chi connectivity index (χ1) is 8.59. The molecule has 2 rings (SSSR count). The lowest BCUT2D eigenvalue weighted by Gasteiger charge is -2.36. The van der Waals surface area contributed by atoms with E-state index in [0.717, 1.165) is 20.8 Å². The summed E-state index contributed by atoms with van der Waals surface area (Å²) in [5, 5.41) is 3.76. The summed E-state index contributed by atoms with van der Waals surface area (Å²) in [6, 6.07) is 6.86. The lowest BCUT2D eigenvalue weighted by Crippen LogP contribution is -2.35. The first kappa shape index (κ1) is 14.4. The minimum absolute atomic E-state index is 0.605. The van der Waals surface area contributed by atoms with E-state index in [1.54, 1.807) is 0 Å². The van der Waals surface area contributed by atoms with Crippen LogP contribution in [0, 0.1) is 11.8 Å². The van der Waals surface area contributed by atoms with E-state index in [4.69, 9.17) is 0 Å². The van der Waals surface area contributed by atoms with Gasteiger partial charge in [0, 0.05) is 15.0 Å². The molecule has 18 heavy (non-hydrogen) atoms. The zero-order chi connectivity index (χ0) is 13.1. The number of halogens is 2. The maximum absolute atomic E-state index is 3.76. The summed E-state index contributed by atoms with van der Waals surface area (Å²) in [6.45, 7) is 4.69. The van der Waals surface area contributed by atoms with Crippen LogP contribution in [0.3, 0.4) is 0 Å². The van der Waals surface area contributed by atoms with E-state index < -0.39 is 0 Å². The average molecular weight is 375 g/mol. The largest absolute Gasteiger partial charge is 0.380 e. The Morgan fingerprint density at radius 1 is 1.11 bits per heavy atom. The predicted molar refractivity (Wildman–Crippen MR) is 86.0 cm³/mol. The number of benzene rings is 1. The molecular formula is C15H21Br2N. The average Bonchev–Trinajstić information content (AvgIpc) is 2.34. The fourth-order valence-electron chi connectivity index (χ4n) is 2.96. The van der Waals surface area contributed by atoms with Crippen LogP contribution in [0.5, 0.6) is 0 Å². The smallest absolute Gasteiger partial charge is 0.0631 e. The van der Waals surface area contributed by atoms with E-state index in [9.17, 15) is 0 Å². The van der Waals surface area contributed by atoms with Gasteiger partial charge in [-0.2, -0.15) is 0 Å². The van der Waals surface area contributed by atoms with Gasteiger partial charge in [0.2, 0.25) is 0 Å². The number of para-hydroxylation sites is 1. The summed E-state index contributed by atoms with van der Waals surface area (Å²) in [6.07, 6.45) is 5.38. The van der Waals surface area contributed by atoms with Crippen molar-refractivity contribution in [3.8, 4) is 0 Å². The number of hydrogen-bond donors (Lipinski definition) is 1. The molecule has 0 saturated heterocycles. The third-order valence-corrected chi connectivity index (χ3v) is 5.29. The Bertz CT molecular complexity index is 383. The molecule has 1 aliphatic rings. The van der Waals surface area contributed by atoms with Crippen LogP contribution in [0.25, 0.3) is 0 Å². The van der Waals surface area contributed by atoms with Crippen LogP contribution in [-0.4, -0.2) is 6.04 Å². The third-order valence-electron chi connectivity index (χ3n) is 3.97. The summed E-state index contributed by atoms with van der Waals surface area (Å²) in [5.41, 5.74) is 1.20. The van der Waals surface area contributed by atoms with E-state index in [1.807, 2.05) is 0 Å². The molecule has 0 bridgehead atoms. The highest BCUT2D eigenvalue weighted by Crippen LogP contribution is 2.36. The van der Waals surface area contributed by atoms with E-state index in [0.29, 0.717) is 6.04 Å². The number of nitrogens with one attached hydrogen (secondary N) is 1. The van der Waals surface area contributed by atoms with Gasteiger partial charge in [-0.3, -0.25) is 0 Å². The van der Waals surface area contributed by atoms with E-state index in [-0.39, 0.29) is 0 Å². The van der Waals surface area contributed by atoms with Gasteiger partial charge in [-0.05, 0) is 68.7 Å². The Morgan fingerprint density at radius 3 is 2.33 bits per heavy atom. The van der Waals surface area contributed by atoms with Crippen molar-refractivity contribution < 1.29 is 0 Å². The van der Waals surface area contributed by atoms with Gasteiger partial charge in [-0.1, -0.05) is 32.8 Å². The van der Waals surface area contributed by atoms with Crippen LogP contribution >= 0.6 is 31.9 Å². The monoisotopic (exact) mass is 373 g/mol. The summed E-state index contributed by atoms with van der Waals surface area (Å²) in [5.74, 6) is 1.54. The van der Waals surface area contributed by atoms with Crippen molar-refractivity contribution in [1.29, 1.82) is 0 Å². The molecule has 1 aromatic rings. The Labute approximate surface area is 127 Å². The maximum atomic E-state index is 3.76. The summed E-state index contributed by atoms with van der Waals surface area (Å²) in [7, 11) is 0. The number of hydrogen-bond acceptors (Lipinski definition) is 1. The van der Waals surface area contributed by atoms with E-state index in [2.05, 4.69) is 69.2 Å². The maximum Gasteiger partial charge on any atom is 0.0631 e. The fraction of sp³-hybridized carbons (Fsp3) is 0.600. The molecule has 1 N–H and O–H groups in total. The van der Waals surface area contributed by atoms with Gasteiger partial charge >= 0.3 is 0 Å². The molecule has 3 heteroatoms. The zero-order valence-corrected chi connectivity index (χ0v) is 14.2. The molecule has 0 amide bonds. The summed E-state index contributed by atoms with van der Waals surface area (Å²) >= 11 is 7.28. The first-order valence-electron chi connectivity index (χ1n) is 6.80. The normalized spacial score (nSPS) is 24.3. The standard InChI is InChI=1S/C15H21Br2N/c1-10(2)11-6-3-4-9-14(11)18-15-12(16)7-5-8-13(15)17/h5,7-8,10-11,14,18H,3-4,6,9H2,1-2H3. The molecule has 1 fully saturated rings. The Balaban J connectivity index is 2.16. The van der Waals surface area contributed by atoms with Crippen molar-refractivity contribution in [2.45, 2.75) is 45.6 Å². The highest BCUT2D eigenvalue weighted by molar-refractivity contribution is 9.11. The van der Waals surface area contributed by atoms with Crippen molar-refractivity contribution in [3.63, 3.8) is 0 Å². The van der Waals surface area contributed by atoms with Gasteiger partial charge in [0.05, 0.1) is 5.69 Å². The zero-order valence-electron chi connectivity index (χ0n) is 11.0. The highest BCUT2D eigenvalue weighted by Gasteiger charge is 2.28. The van der Waals surface area contributed by atoms with Crippen molar-refractivity contribution >= 4 is 37.5 Å². The number of rotatable bonds is 3. The molecule has 0 heterocycles. The van der Waals surface area contributed by atoms with Gasteiger partial charge in [0.1, 0.15) is 0 Å². The molecule has 2 atom stereocenters. The molecule has 0 aromatic heterocycles. The van der Waals surface area contributed by atoms with Gasteiger partial charge < -0.3 is 5.32 Å². The Hall–Kier alpha value is -0.0200. The molecule has 1 aliphatic carbocycles. The highest BCUT2D eigenvalue weighted by atomic mass is 79.9. The lowest BCUT2D eigenvalue weighted by molar-refractivity contribution is 0.253. The van der Waals surface area contributed by atoms with Gasteiger partial charge in [-0.25, -0.2) is 0 Å². The second-order valence-corrected chi connectivity index (χ2v) is 7.25. The predicted octanol–water partition coefficient (Wildman–Crippen LogP) is 5.84. The van der Waals surface area contributed by atoms with Crippen LogP contribution in [0.4, 0.5) is 5.69 Å². The molecular weight excluding hydrogens is 354 g/mol. The molecule has 1 aromatic carbocycles. The minimum Gasteiger partial charge on any atom is -0.380 e. The van der Waals surface area contributed by atoms with Crippen molar-refractivity contribution in [1.82, 2.24) is 0 Å². The Kier molecular flexibility index (Phi) is 5.14. The van der Waals surface area contributed by atoms with Crippen LogP contribution in [0.1, 0.15) is 39.5 Å². The minimum atomic E-state index is 0.605. The van der Waals surface area contributed by atoms with Crippen LogP contribution in [0.15, 0.2) is 27.1 Å². The van der Waals surface area contributed by atoms with Crippen LogP contribution in [-0.2, 0) is 0 Å². The molecule has 2 unspecified atom stereocenters. The second kappa shape index (κ2) is 6.42. The molecule has 100 valence electrons. The van der Waals surface area contributed by atoms with Gasteiger partial charge in [0.25, 0.3) is 0 Å². The van der Waals surface area contributed by atoms with Gasteiger partial charge in [0.15, 0.2) is 0 Å². The lowest BCUT2D eigenvalue weighted by atomic mass is 9.78. The molecule has 1 nitrogen and oxygen atoms in total. The van der Waals surface area contributed by atoms with Crippen molar-refractivity contribution in [3.05, 3.63) is 27.1 Å².